The first-order valence-corrected chi connectivity index (χ1v) is 9.14. The van der Waals surface area contributed by atoms with Crippen LogP contribution in [0.2, 0.25) is 0 Å². The van der Waals surface area contributed by atoms with Crippen molar-refractivity contribution in [2.24, 2.45) is 5.92 Å². The molecule has 0 saturated carbocycles. The van der Waals surface area contributed by atoms with Crippen LogP contribution in [0.1, 0.15) is 38.3 Å². The van der Waals surface area contributed by atoms with Crippen LogP contribution in [0.3, 0.4) is 0 Å². The lowest BCUT2D eigenvalue weighted by Crippen LogP contribution is -2.45. The second kappa shape index (κ2) is 7.92. The minimum Gasteiger partial charge on any atom is -0.377 e. The van der Waals surface area contributed by atoms with Crippen LogP contribution in [-0.4, -0.2) is 59.9 Å². The predicted molar refractivity (Wildman–Crippen MR) is 92.9 cm³/mol. The fourth-order valence-corrected chi connectivity index (χ4v) is 3.69. The van der Waals surface area contributed by atoms with E-state index in [1.165, 1.54) is 0 Å². The zero-order valence-corrected chi connectivity index (χ0v) is 14.8. The predicted octanol–water partition coefficient (Wildman–Crippen LogP) is 2.03. The number of nitrogens with zero attached hydrogens (tertiary/aromatic N) is 4. The molecule has 2 atom stereocenters. The van der Waals surface area contributed by atoms with Gasteiger partial charge in [-0.05, 0) is 44.7 Å². The van der Waals surface area contributed by atoms with E-state index in [1.54, 1.807) is 0 Å². The zero-order chi connectivity index (χ0) is 16.9. The molecule has 0 bridgehead atoms. The van der Waals surface area contributed by atoms with Gasteiger partial charge in [0.2, 0.25) is 5.91 Å². The van der Waals surface area contributed by atoms with E-state index in [0.29, 0.717) is 0 Å². The van der Waals surface area contributed by atoms with Gasteiger partial charge in [-0.25, -0.2) is 0 Å². The number of rotatable bonds is 3. The topological polar surface area (TPSA) is 58.6 Å². The third-order valence-electron chi connectivity index (χ3n) is 5.08. The van der Waals surface area contributed by atoms with Gasteiger partial charge < -0.3 is 14.5 Å². The molecule has 0 radical (unpaired) electrons. The molecule has 3 rings (SSSR count). The summed E-state index contributed by atoms with van der Waals surface area (Å²) in [6.45, 7) is 8.14. The molecule has 0 N–H and O–H groups in total. The van der Waals surface area contributed by atoms with Crippen molar-refractivity contribution < 1.29 is 9.53 Å². The maximum absolute atomic E-state index is 13.0. The number of aryl methyl sites for hydroxylation is 1. The lowest BCUT2D eigenvalue weighted by atomic mass is 9.91. The summed E-state index contributed by atoms with van der Waals surface area (Å²) in [6, 6.07) is 4.00. The molecule has 0 aromatic carbocycles. The third-order valence-corrected chi connectivity index (χ3v) is 5.08. The van der Waals surface area contributed by atoms with Crippen LogP contribution in [0.25, 0.3) is 0 Å². The van der Waals surface area contributed by atoms with Crippen LogP contribution in [0.4, 0.5) is 5.82 Å². The second-order valence-corrected chi connectivity index (χ2v) is 6.77. The standard InChI is InChI=1S/C18H28N4O2/c1-3-16-15(6-4-13-24-16)18(23)22-10-5-9-21(11-12-22)17-8-7-14(2)19-20-17/h7-8,15-16H,3-6,9-13H2,1-2H3. The van der Waals surface area contributed by atoms with Crippen LogP contribution in [-0.2, 0) is 9.53 Å². The highest BCUT2D eigenvalue weighted by Gasteiger charge is 2.34. The first-order chi connectivity index (χ1) is 11.7. The Morgan fingerprint density at radius 1 is 1.21 bits per heavy atom. The highest BCUT2D eigenvalue weighted by Crippen LogP contribution is 2.26. The molecule has 24 heavy (non-hydrogen) atoms. The Morgan fingerprint density at radius 2 is 2.08 bits per heavy atom. The van der Waals surface area contributed by atoms with Crippen LogP contribution in [0.5, 0.6) is 0 Å². The summed E-state index contributed by atoms with van der Waals surface area (Å²) in [5, 5.41) is 8.43. The summed E-state index contributed by atoms with van der Waals surface area (Å²) < 4.78 is 5.81. The SMILES string of the molecule is CCC1OCCCC1C(=O)N1CCCN(c2ccc(C)nn2)CC1. The van der Waals surface area contributed by atoms with Gasteiger partial charge in [0.05, 0.1) is 17.7 Å². The normalized spacial score (nSPS) is 25.4. The van der Waals surface area contributed by atoms with E-state index in [9.17, 15) is 4.79 Å². The molecule has 1 amide bonds. The molecular formula is C18H28N4O2. The van der Waals surface area contributed by atoms with Gasteiger partial charge >= 0.3 is 0 Å². The van der Waals surface area contributed by atoms with Crippen molar-refractivity contribution in [1.82, 2.24) is 15.1 Å². The Labute approximate surface area is 144 Å². The maximum Gasteiger partial charge on any atom is 0.228 e. The number of carbonyl (C=O) groups is 1. The summed E-state index contributed by atoms with van der Waals surface area (Å²) >= 11 is 0. The molecule has 3 heterocycles. The monoisotopic (exact) mass is 332 g/mol. The highest BCUT2D eigenvalue weighted by molar-refractivity contribution is 5.79. The molecule has 2 unspecified atom stereocenters. The number of amides is 1. The van der Waals surface area contributed by atoms with E-state index >= 15 is 0 Å². The van der Waals surface area contributed by atoms with E-state index in [4.69, 9.17) is 4.74 Å². The average Bonchev–Trinajstić information content (AvgIpc) is 2.88. The largest absolute Gasteiger partial charge is 0.377 e. The quantitative estimate of drug-likeness (QED) is 0.848. The summed E-state index contributed by atoms with van der Waals surface area (Å²) in [5.41, 5.74) is 0.924. The van der Waals surface area contributed by atoms with E-state index in [0.717, 1.165) is 70.0 Å². The Bertz CT molecular complexity index is 548. The van der Waals surface area contributed by atoms with Crippen molar-refractivity contribution in [3.05, 3.63) is 17.8 Å². The fraction of sp³-hybridized carbons (Fsp3) is 0.722. The minimum atomic E-state index is 0.0365. The number of anilines is 1. The highest BCUT2D eigenvalue weighted by atomic mass is 16.5. The second-order valence-electron chi connectivity index (χ2n) is 6.77. The van der Waals surface area contributed by atoms with Gasteiger partial charge in [0.25, 0.3) is 0 Å². The molecule has 1 aromatic rings. The summed E-state index contributed by atoms with van der Waals surface area (Å²) in [7, 11) is 0. The van der Waals surface area contributed by atoms with E-state index in [-0.39, 0.29) is 17.9 Å². The van der Waals surface area contributed by atoms with Crippen LogP contribution in [0.15, 0.2) is 12.1 Å². The molecular weight excluding hydrogens is 304 g/mol. The number of hydrogen-bond acceptors (Lipinski definition) is 5. The molecule has 0 spiro atoms. The van der Waals surface area contributed by atoms with Gasteiger partial charge in [0, 0.05) is 32.8 Å². The van der Waals surface area contributed by atoms with Crippen molar-refractivity contribution in [3.63, 3.8) is 0 Å². The molecule has 2 saturated heterocycles. The molecule has 2 aliphatic rings. The van der Waals surface area contributed by atoms with Crippen molar-refractivity contribution in [2.75, 3.05) is 37.7 Å². The number of aromatic nitrogens is 2. The Kier molecular flexibility index (Phi) is 5.66. The van der Waals surface area contributed by atoms with E-state index < -0.39 is 0 Å². The average molecular weight is 332 g/mol. The number of carbonyl (C=O) groups excluding carboxylic acids is 1. The molecule has 6 nitrogen and oxygen atoms in total. The van der Waals surface area contributed by atoms with Gasteiger partial charge in [-0.1, -0.05) is 6.92 Å². The summed E-state index contributed by atoms with van der Waals surface area (Å²) in [4.78, 5) is 17.2. The van der Waals surface area contributed by atoms with E-state index in [2.05, 4.69) is 22.0 Å². The molecule has 132 valence electrons. The summed E-state index contributed by atoms with van der Waals surface area (Å²) in [5.74, 6) is 1.22. The lowest BCUT2D eigenvalue weighted by molar-refractivity contribution is -0.145. The van der Waals surface area contributed by atoms with Crippen molar-refractivity contribution in [1.29, 1.82) is 0 Å². The summed E-state index contributed by atoms with van der Waals surface area (Å²) in [6.07, 6.45) is 3.92. The Hall–Kier alpha value is -1.69. The molecule has 2 aliphatic heterocycles. The molecule has 1 aromatic heterocycles. The molecule has 2 fully saturated rings. The first kappa shape index (κ1) is 17.1. The van der Waals surface area contributed by atoms with Gasteiger partial charge in [0.1, 0.15) is 0 Å². The Morgan fingerprint density at radius 3 is 2.83 bits per heavy atom. The Balaban J connectivity index is 1.62. The maximum atomic E-state index is 13.0. The van der Waals surface area contributed by atoms with Crippen molar-refractivity contribution >= 4 is 11.7 Å². The zero-order valence-electron chi connectivity index (χ0n) is 14.8. The van der Waals surface area contributed by atoms with Gasteiger partial charge in [-0.3, -0.25) is 4.79 Å². The smallest absolute Gasteiger partial charge is 0.228 e. The number of hydrogen-bond donors (Lipinski definition) is 0. The van der Waals surface area contributed by atoms with Gasteiger partial charge in [-0.15, -0.1) is 5.10 Å². The van der Waals surface area contributed by atoms with Crippen LogP contribution in [0, 0.1) is 12.8 Å². The third kappa shape index (κ3) is 3.86. The molecule has 6 heteroatoms. The van der Waals surface area contributed by atoms with Gasteiger partial charge in [0.15, 0.2) is 5.82 Å². The van der Waals surface area contributed by atoms with Crippen molar-refractivity contribution in [2.45, 2.75) is 45.6 Å². The molecule has 0 aliphatic carbocycles. The fourth-order valence-electron chi connectivity index (χ4n) is 3.69. The van der Waals surface area contributed by atoms with Crippen LogP contribution < -0.4 is 4.90 Å². The number of ether oxygens (including phenoxy) is 1. The first-order valence-electron chi connectivity index (χ1n) is 9.14. The minimum absolute atomic E-state index is 0.0365. The van der Waals surface area contributed by atoms with Crippen LogP contribution >= 0.6 is 0 Å². The van der Waals surface area contributed by atoms with Crippen molar-refractivity contribution in [3.8, 4) is 0 Å². The lowest BCUT2D eigenvalue weighted by Gasteiger charge is -2.34. The van der Waals surface area contributed by atoms with Gasteiger partial charge in [-0.2, -0.15) is 5.10 Å². The van der Waals surface area contributed by atoms with E-state index in [1.807, 2.05) is 24.0 Å².